The molecule has 2 unspecified atom stereocenters. The van der Waals surface area contributed by atoms with E-state index in [1.165, 1.54) is 0 Å². The monoisotopic (exact) mass is 670 g/mol. The van der Waals surface area contributed by atoms with Gasteiger partial charge in [0.25, 0.3) is 5.91 Å². The van der Waals surface area contributed by atoms with E-state index in [0.717, 1.165) is 49.3 Å². The Labute approximate surface area is 282 Å². The molecule has 0 fully saturated rings. The zero-order valence-electron chi connectivity index (χ0n) is 29.4. The number of carbonyl (C=O) groups excluding carboxylic acids is 2. The topological polar surface area (TPSA) is 108 Å². The predicted octanol–water partition coefficient (Wildman–Crippen LogP) is 8.22. The summed E-state index contributed by atoms with van der Waals surface area (Å²) in [6, 6.07) is 8.46. The smallest absolute Gasteiger partial charge is 0.271 e. The second-order valence-electron chi connectivity index (χ2n) is 14.0. The molecule has 2 aromatic rings. The molecule has 0 saturated carbocycles. The molecule has 0 radical (unpaired) electrons. The van der Waals surface area contributed by atoms with Crippen molar-refractivity contribution >= 4 is 37.2 Å². The lowest BCUT2D eigenvalue weighted by molar-refractivity contribution is -0.118. The highest BCUT2D eigenvalue weighted by molar-refractivity contribution is 7.90. The number of ketones is 1. The number of nitrogens with one attached hydrogen (secondary N) is 2. The summed E-state index contributed by atoms with van der Waals surface area (Å²) in [7, 11) is -1.34. The van der Waals surface area contributed by atoms with E-state index in [0.29, 0.717) is 49.6 Å². The van der Waals surface area contributed by atoms with Gasteiger partial charge >= 0.3 is 0 Å². The molecule has 8 nitrogen and oxygen atoms in total. The molecule has 0 aliphatic rings. The Balaban J connectivity index is 2.68. The summed E-state index contributed by atoms with van der Waals surface area (Å²) in [4.78, 5) is 30.8. The standard InChI is InChI=1S/C36H58N4O4SSi/c1-10-13-17-23-37-35(42)32-33(31(39-45(43)36(4,5)6)22-16-14-15-21-30(41)12-3)40(27-44-24-25-46(7,8)9)34(38-32)29-20-18-19-28(11-2)26-29/h10-11,18-20,26,31,39H,1-2,12-17,21-25,27H2,3-9H3,(H,37,42). The van der Waals surface area contributed by atoms with Crippen molar-refractivity contribution in [2.45, 2.75) is 122 Å². The average Bonchev–Trinajstić information content (AvgIpc) is 3.38. The Bertz CT molecular complexity index is 1280. The van der Waals surface area contributed by atoms with E-state index in [2.05, 4.69) is 42.8 Å². The minimum absolute atomic E-state index is 0.204. The summed E-state index contributed by atoms with van der Waals surface area (Å²) < 4.78 is 24.8. The Morgan fingerprint density at radius 1 is 1.15 bits per heavy atom. The molecule has 0 saturated heterocycles. The molecule has 1 heterocycles. The van der Waals surface area contributed by atoms with Crippen LogP contribution in [0.1, 0.15) is 107 Å². The summed E-state index contributed by atoms with van der Waals surface area (Å²) in [5, 5.41) is 3.05. The van der Waals surface area contributed by atoms with Crippen molar-refractivity contribution in [1.29, 1.82) is 0 Å². The minimum Gasteiger partial charge on any atom is -0.598 e. The number of benzene rings is 1. The fourth-order valence-electron chi connectivity index (χ4n) is 4.79. The third-order valence-electron chi connectivity index (χ3n) is 7.67. The van der Waals surface area contributed by atoms with Gasteiger partial charge in [-0.3, -0.25) is 9.59 Å². The molecular formula is C36H58N4O4SSi. The summed E-state index contributed by atoms with van der Waals surface area (Å²) in [5.74, 6) is 0.603. The van der Waals surface area contributed by atoms with E-state index < -0.39 is 30.2 Å². The van der Waals surface area contributed by atoms with Crippen LogP contribution in [-0.4, -0.2) is 51.8 Å². The summed E-state index contributed by atoms with van der Waals surface area (Å²) >= 11 is -1.42. The highest BCUT2D eigenvalue weighted by atomic mass is 32.2. The minimum atomic E-state index is -1.42. The van der Waals surface area contributed by atoms with Crippen LogP contribution >= 0.6 is 0 Å². The molecule has 10 heteroatoms. The van der Waals surface area contributed by atoms with Gasteiger partial charge in [0.2, 0.25) is 0 Å². The fourth-order valence-corrected chi connectivity index (χ4v) is 6.39. The first kappa shape index (κ1) is 39.7. The Morgan fingerprint density at radius 2 is 1.89 bits per heavy atom. The highest BCUT2D eigenvalue weighted by Gasteiger charge is 2.35. The van der Waals surface area contributed by atoms with Gasteiger partial charge in [-0.1, -0.05) is 76.3 Å². The van der Waals surface area contributed by atoms with Crippen molar-refractivity contribution in [3.05, 3.63) is 60.5 Å². The number of ether oxygens (including phenoxy) is 1. The molecule has 0 spiro atoms. The number of allylic oxidation sites excluding steroid dienone is 1. The van der Waals surface area contributed by atoms with Gasteiger partial charge in [-0.25, -0.2) is 4.98 Å². The van der Waals surface area contributed by atoms with Crippen molar-refractivity contribution in [3.63, 3.8) is 0 Å². The summed E-state index contributed by atoms with van der Waals surface area (Å²) in [5.41, 5.74) is 2.74. The number of amides is 1. The van der Waals surface area contributed by atoms with Crippen LogP contribution in [0.25, 0.3) is 17.5 Å². The zero-order valence-corrected chi connectivity index (χ0v) is 31.2. The quantitative estimate of drug-likeness (QED) is 0.0566. The molecule has 0 aliphatic carbocycles. The third-order valence-corrected chi connectivity index (χ3v) is 11.0. The van der Waals surface area contributed by atoms with E-state index in [1.54, 1.807) is 6.08 Å². The number of carbonyl (C=O) groups is 2. The molecule has 256 valence electrons. The molecule has 2 rings (SSSR count). The number of unbranched alkanes of at least 4 members (excludes halogenated alkanes) is 3. The van der Waals surface area contributed by atoms with Gasteiger partial charge < -0.3 is 19.2 Å². The van der Waals surface area contributed by atoms with Gasteiger partial charge in [-0.15, -0.1) is 11.3 Å². The normalized spacial score (nSPS) is 13.3. The van der Waals surface area contributed by atoms with E-state index in [1.807, 2.05) is 62.6 Å². The first-order chi connectivity index (χ1) is 21.7. The van der Waals surface area contributed by atoms with Gasteiger partial charge in [0, 0.05) is 51.0 Å². The lowest BCUT2D eigenvalue weighted by Gasteiger charge is -2.29. The lowest BCUT2D eigenvalue weighted by atomic mass is 10.0. The average molecular weight is 671 g/mol. The number of rotatable bonds is 22. The molecule has 1 aromatic carbocycles. The van der Waals surface area contributed by atoms with Gasteiger partial charge in [0.1, 0.15) is 23.1 Å². The van der Waals surface area contributed by atoms with Crippen LogP contribution in [0.3, 0.4) is 0 Å². The fraction of sp³-hybridized carbons (Fsp3) is 0.583. The van der Waals surface area contributed by atoms with E-state index in [9.17, 15) is 14.1 Å². The largest absolute Gasteiger partial charge is 0.598 e. The van der Waals surface area contributed by atoms with Crippen LogP contribution < -0.4 is 10.0 Å². The van der Waals surface area contributed by atoms with Gasteiger partial charge in [-0.2, -0.15) is 0 Å². The Morgan fingerprint density at radius 3 is 2.52 bits per heavy atom. The van der Waals surface area contributed by atoms with Crippen molar-refractivity contribution in [2.24, 2.45) is 0 Å². The van der Waals surface area contributed by atoms with Crippen molar-refractivity contribution < 1.29 is 18.9 Å². The van der Waals surface area contributed by atoms with Gasteiger partial charge in [0.05, 0.1) is 11.7 Å². The van der Waals surface area contributed by atoms with E-state index >= 15 is 0 Å². The lowest BCUT2D eigenvalue weighted by Crippen LogP contribution is -2.42. The number of hydrogen-bond donors (Lipinski definition) is 2. The SMILES string of the molecule is C=CCCCNC(=O)c1nc(-c2cccc(C=C)c2)n(COCC[Si](C)(C)C)c1C(CCCCCC(=O)CC)N[S+]([O-])C(C)(C)C. The second-order valence-corrected chi connectivity index (χ2v) is 21.6. The second kappa shape index (κ2) is 19.4. The predicted molar refractivity (Wildman–Crippen MR) is 196 cm³/mol. The van der Waals surface area contributed by atoms with Crippen molar-refractivity contribution in [1.82, 2.24) is 19.6 Å². The number of nitrogens with zero attached hydrogens (tertiary/aromatic N) is 2. The third kappa shape index (κ3) is 13.3. The summed E-state index contributed by atoms with van der Waals surface area (Å²) in [6.07, 6.45) is 9.36. The maximum Gasteiger partial charge on any atom is 0.271 e. The molecule has 1 aromatic heterocycles. The van der Waals surface area contributed by atoms with Gasteiger partial charge in [0.15, 0.2) is 5.69 Å². The van der Waals surface area contributed by atoms with Gasteiger partial charge in [-0.05, 0) is 64.1 Å². The van der Waals surface area contributed by atoms with E-state index in [4.69, 9.17) is 9.72 Å². The van der Waals surface area contributed by atoms with E-state index in [-0.39, 0.29) is 18.4 Å². The number of imidazole rings is 1. The zero-order chi connectivity index (χ0) is 34.3. The molecule has 46 heavy (non-hydrogen) atoms. The van der Waals surface area contributed by atoms with Crippen LogP contribution in [0.15, 0.2) is 43.5 Å². The first-order valence-electron chi connectivity index (χ1n) is 16.7. The maximum atomic E-state index is 13.9. The number of hydrogen-bond acceptors (Lipinski definition) is 6. The Kier molecular flexibility index (Phi) is 16.7. The van der Waals surface area contributed by atoms with Crippen LogP contribution in [0.5, 0.6) is 0 Å². The number of Topliss-reactive ketones (excluding diaryl/α,β-unsaturated/α-hetero) is 1. The highest BCUT2D eigenvalue weighted by Crippen LogP contribution is 2.32. The number of aromatic nitrogens is 2. The summed E-state index contributed by atoms with van der Waals surface area (Å²) in [6.45, 7) is 23.6. The van der Waals surface area contributed by atoms with Crippen LogP contribution in [-0.2, 0) is 27.6 Å². The van der Waals surface area contributed by atoms with Crippen LogP contribution in [0.4, 0.5) is 0 Å². The van der Waals surface area contributed by atoms with Crippen molar-refractivity contribution in [2.75, 3.05) is 13.2 Å². The first-order valence-corrected chi connectivity index (χ1v) is 21.6. The molecule has 2 N–H and O–H groups in total. The molecule has 0 aliphatic heterocycles. The van der Waals surface area contributed by atoms with Crippen LogP contribution in [0, 0.1) is 0 Å². The molecule has 0 bridgehead atoms. The van der Waals surface area contributed by atoms with Crippen LogP contribution in [0.2, 0.25) is 25.7 Å². The molecule has 1 amide bonds. The molecule has 2 atom stereocenters. The maximum absolute atomic E-state index is 13.9. The Hall–Kier alpha value is -2.50. The van der Waals surface area contributed by atoms with Crippen molar-refractivity contribution in [3.8, 4) is 11.4 Å². The molecular weight excluding hydrogens is 613 g/mol.